The largest absolute Gasteiger partial charge is 0.310 e. The highest BCUT2D eigenvalue weighted by molar-refractivity contribution is 6.08. The lowest BCUT2D eigenvalue weighted by Gasteiger charge is -2.28. The standard InChI is InChI=1S/C42H29N/c1-2-10-30(11-3-1)33-20-22-34(23-21-33)40-18-8-16-35-17-9-19-41(42(35)40)43(38-26-24-31-12-4-6-14-36(31)28-38)39-27-25-32-13-5-7-15-37(32)29-39/h1-29H. The van der Waals surface area contributed by atoms with Gasteiger partial charge in [0.15, 0.2) is 0 Å². The van der Waals surface area contributed by atoms with Crippen LogP contribution in [0.4, 0.5) is 17.1 Å². The van der Waals surface area contributed by atoms with Crippen molar-refractivity contribution in [2.75, 3.05) is 4.90 Å². The Morgan fingerprint density at radius 3 is 1.42 bits per heavy atom. The first-order valence-corrected chi connectivity index (χ1v) is 14.8. The topological polar surface area (TPSA) is 3.24 Å². The Morgan fingerprint density at radius 2 is 0.791 bits per heavy atom. The first kappa shape index (κ1) is 25.1. The van der Waals surface area contributed by atoms with Gasteiger partial charge in [-0.15, -0.1) is 0 Å². The van der Waals surface area contributed by atoms with Crippen molar-refractivity contribution in [2.24, 2.45) is 0 Å². The highest BCUT2D eigenvalue weighted by Gasteiger charge is 2.19. The van der Waals surface area contributed by atoms with Gasteiger partial charge >= 0.3 is 0 Å². The van der Waals surface area contributed by atoms with E-state index in [1.807, 2.05) is 0 Å². The van der Waals surface area contributed by atoms with Gasteiger partial charge in [0.2, 0.25) is 0 Å². The highest BCUT2D eigenvalue weighted by Crippen LogP contribution is 2.44. The normalized spacial score (nSPS) is 11.3. The van der Waals surface area contributed by atoms with Crippen molar-refractivity contribution in [3.8, 4) is 22.3 Å². The minimum Gasteiger partial charge on any atom is -0.310 e. The molecule has 202 valence electrons. The molecule has 0 aliphatic rings. The number of fused-ring (bicyclic) bond motifs is 3. The Balaban J connectivity index is 1.35. The van der Waals surface area contributed by atoms with Crippen molar-refractivity contribution in [2.45, 2.75) is 0 Å². The molecule has 8 rings (SSSR count). The zero-order chi connectivity index (χ0) is 28.6. The number of nitrogens with zero attached hydrogens (tertiary/aromatic N) is 1. The van der Waals surface area contributed by atoms with E-state index in [1.54, 1.807) is 0 Å². The van der Waals surface area contributed by atoms with Gasteiger partial charge < -0.3 is 4.90 Å². The lowest BCUT2D eigenvalue weighted by atomic mass is 9.94. The molecule has 0 aromatic heterocycles. The third-order valence-corrected chi connectivity index (χ3v) is 8.41. The summed E-state index contributed by atoms with van der Waals surface area (Å²) in [5.74, 6) is 0. The van der Waals surface area contributed by atoms with Crippen molar-refractivity contribution in [1.82, 2.24) is 0 Å². The quantitative estimate of drug-likeness (QED) is 0.207. The third-order valence-electron chi connectivity index (χ3n) is 8.41. The summed E-state index contributed by atoms with van der Waals surface area (Å²) >= 11 is 0. The van der Waals surface area contributed by atoms with Crippen LogP contribution in [-0.4, -0.2) is 0 Å². The molecule has 0 aliphatic heterocycles. The van der Waals surface area contributed by atoms with Crippen molar-refractivity contribution < 1.29 is 0 Å². The first-order valence-electron chi connectivity index (χ1n) is 14.8. The van der Waals surface area contributed by atoms with E-state index in [-0.39, 0.29) is 0 Å². The van der Waals surface area contributed by atoms with Gasteiger partial charge in [0, 0.05) is 16.8 Å². The molecule has 0 unspecified atom stereocenters. The Kier molecular flexibility index (Phi) is 6.20. The fraction of sp³-hybridized carbons (Fsp3) is 0. The average molecular weight is 548 g/mol. The molecule has 0 heterocycles. The van der Waals surface area contributed by atoms with Crippen molar-refractivity contribution in [3.63, 3.8) is 0 Å². The first-order chi connectivity index (χ1) is 21.3. The van der Waals surface area contributed by atoms with Crippen LogP contribution in [0.15, 0.2) is 176 Å². The second-order valence-corrected chi connectivity index (χ2v) is 11.0. The van der Waals surface area contributed by atoms with Crippen LogP contribution in [0.25, 0.3) is 54.6 Å². The van der Waals surface area contributed by atoms with E-state index in [0.29, 0.717) is 0 Å². The maximum Gasteiger partial charge on any atom is 0.0546 e. The lowest BCUT2D eigenvalue weighted by Crippen LogP contribution is -2.11. The summed E-state index contributed by atoms with van der Waals surface area (Å²) in [5.41, 5.74) is 8.30. The molecule has 1 heteroatoms. The highest BCUT2D eigenvalue weighted by atomic mass is 15.1. The van der Waals surface area contributed by atoms with E-state index in [9.17, 15) is 0 Å². The molecule has 8 aromatic carbocycles. The van der Waals surface area contributed by atoms with Gasteiger partial charge in [-0.2, -0.15) is 0 Å². The van der Waals surface area contributed by atoms with Crippen LogP contribution in [-0.2, 0) is 0 Å². The number of hydrogen-bond donors (Lipinski definition) is 0. The Hall–Kier alpha value is -5.66. The molecule has 8 aromatic rings. The molecule has 0 atom stereocenters. The van der Waals surface area contributed by atoms with Gasteiger partial charge in [-0.25, -0.2) is 0 Å². The molecule has 0 N–H and O–H groups in total. The van der Waals surface area contributed by atoms with Crippen molar-refractivity contribution in [1.29, 1.82) is 0 Å². The molecule has 0 saturated carbocycles. The molecule has 0 aliphatic carbocycles. The summed E-state index contributed by atoms with van der Waals surface area (Å²) in [5, 5.41) is 7.38. The summed E-state index contributed by atoms with van der Waals surface area (Å²) in [6.45, 7) is 0. The Bertz CT molecular complexity index is 2150. The minimum absolute atomic E-state index is 1.13. The van der Waals surface area contributed by atoms with Crippen LogP contribution in [0.3, 0.4) is 0 Å². The number of rotatable bonds is 5. The molecule has 0 fully saturated rings. The van der Waals surface area contributed by atoms with Crippen LogP contribution in [0.2, 0.25) is 0 Å². The maximum absolute atomic E-state index is 2.42. The molecule has 0 bridgehead atoms. The van der Waals surface area contributed by atoms with Gasteiger partial charge in [-0.3, -0.25) is 0 Å². The predicted molar refractivity (Wildman–Crippen MR) is 185 cm³/mol. The third kappa shape index (κ3) is 4.62. The Morgan fingerprint density at radius 1 is 0.302 bits per heavy atom. The van der Waals surface area contributed by atoms with E-state index in [1.165, 1.54) is 54.6 Å². The monoisotopic (exact) mass is 547 g/mol. The molecule has 0 spiro atoms. The summed E-state index contributed by atoms with van der Waals surface area (Å²) in [7, 11) is 0. The maximum atomic E-state index is 2.42. The van der Waals surface area contributed by atoms with Crippen LogP contribution < -0.4 is 4.90 Å². The van der Waals surface area contributed by atoms with Crippen molar-refractivity contribution in [3.05, 3.63) is 176 Å². The van der Waals surface area contributed by atoms with Gasteiger partial charge in [-0.05, 0) is 79.5 Å². The lowest BCUT2D eigenvalue weighted by molar-refractivity contribution is 1.31. The summed E-state index contributed by atoms with van der Waals surface area (Å²) < 4.78 is 0. The fourth-order valence-electron chi connectivity index (χ4n) is 6.28. The minimum atomic E-state index is 1.13. The fourth-order valence-corrected chi connectivity index (χ4v) is 6.28. The number of hydrogen-bond acceptors (Lipinski definition) is 1. The Labute approximate surface area is 251 Å². The SMILES string of the molecule is c1ccc(-c2ccc(-c3cccc4cccc(N(c5ccc6ccccc6c5)c5ccc6ccccc6c5)c34)cc2)cc1. The molecule has 0 radical (unpaired) electrons. The summed E-state index contributed by atoms with van der Waals surface area (Å²) in [6, 6.07) is 63.6. The van der Waals surface area contributed by atoms with E-state index < -0.39 is 0 Å². The van der Waals surface area contributed by atoms with E-state index in [4.69, 9.17) is 0 Å². The van der Waals surface area contributed by atoms with Crippen LogP contribution in [0, 0.1) is 0 Å². The molecule has 1 nitrogen and oxygen atoms in total. The summed E-state index contributed by atoms with van der Waals surface area (Å²) in [4.78, 5) is 2.42. The number of anilines is 3. The number of benzene rings is 8. The zero-order valence-electron chi connectivity index (χ0n) is 23.7. The van der Waals surface area contributed by atoms with Crippen molar-refractivity contribution >= 4 is 49.4 Å². The molecular formula is C42H29N. The van der Waals surface area contributed by atoms with Crippen LogP contribution in [0.5, 0.6) is 0 Å². The van der Waals surface area contributed by atoms with E-state index >= 15 is 0 Å². The molecule has 0 saturated heterocycles. The molecule has 43 heavy (non-hydrogen) atoms. The van der Waals surface area contributed by atoms with Crippen LogP contribution >= 0.6 is 0 Å². The second kappa shape index (κ2) is 10.6. The van der Waals surface area contributed by atoms with Gasteiger partial charge in [0.05, 0.1) is 5.69 Å². The molecule has 0 amide bonds. The van der Waals surface area contributed by atoms with Gasteiger partial charge in [0.25, 0.3) is 0 Å². The molecular weight excluding hydrogens is 518 g/mol. The van der Waals surface area contributed by atoms with Crippen LogP contribution in [0.1, 0.15) is 0 Å². The smallest absolute Gasteiger partial charge is 0.0546 e. The van der Waals surface area contributed by atoms with E-state index in [2.05, 4.69) is 181 Å². The second-order valence-electron chi connectivity index (χ2n) is 11.0. The zero-order valence-corrected chi connectivity index (χ0v) is 23.7. The average Bonchev–Trinajstić information content (AvgIpc) is 3.08. The summed E-state index contributed by atoms with van der Waals surface area (Å²) in [6.07, 6.45) is 0. The predicted octanol–water partition coefficient (Wildman–Crippen LogP) is 11.9. The van der Waals surface area contributed by atoms with E-state index in [0.717, 1.165) is 17.1 Å². The van der Waals surface area contributed by atoms with Gasteiger partial charge in [-0.1, -0.05) is 146 Å². The van der Waals surface area contributed by atoms with Gasteiger partial charge in [0.1, 0.15) is 0 Å².